The number of aromatic nitrogens is 2. The molecule has 10 heteroatoms. The Hall–Kier alpha value is -2.72. The van der Waals surface area contributed by atoms with Crippen LogP contribution < -0.4 is 0 Å². The second-order valence-corrected chi connectivity index (χ2v) is 9.07. The molecule has 0 unspecified atom stereocenters. The Bertz CT molecular complexity index is 1180. The molecule has 0 bridgehead atoms. The third-order valence-electron chi connectivity index (χ3n) is 5.05. The summed E-state index contributed by atoms with van der Waals surface area (Å²) in [5, 5.41) is 4.56. The van der Waals surface area contributed by atoms with Gasteiger partial charge in [0.05, 0.1) is 28.9 Å². The van der Waals surface area contributed by atoms with Crippen LogP contribution in [0.5, 0.6) is 0 Å². The predicted molar refractivity (Wildman–Crippen MR) is 103 cm³/mol. The zero-order valence-electron chi connectivity index (χ0n) is 15.8. The van der Waals surface area contributed by atoms with Crippen molar-refractivity contribution < 1.29 is 26.0 Å². The van der Waals surface area contributed by atoms with Crippen LogP contribution in [0.25, 0.3) is 16.9 Å². The van der Waals surface area contributed by atoms with Gasteiger partial charge in [-0.25, -0.2) is 17.5 Å². The van der Waals surface area contributed by atoms with Gasteiger partial charge in [-0.3, -0.25) is 0 Å². The van der Waals surface area contributed by atoms with Gasteiger partial charge < -0.3 is 0 Å². The standard InChI is InChI=1S/C20H17F4N3O2S/c1-30(28,29)26-11-10-18-17(12-26)19(13-2-4-14(5-3-13)20(22,23)24)25-27(18)16-8-6-15(21)7-9-16/h2-9H,10-12H2,1H3. The molecule has 1 aliphatic heterocycles. The van der Waals surface area contributed by atoms with Crippen LogP contribution in [0.4, 0.5) is 17.6 Å². The molecule has 1 aromatic heterocycles. The fourth-order valence-electron chi connectivity index (χ4n) is 3.52. The number of alkyl halides is 3. The molecular weight excluding hydrogens is 422 g/mol. The van der Waals surface area contributed by atoms with Crippen molar-refractivity contribution in [2.75, 3.05) is 12.8 Å². The van der Waals surface area contributed by atoms with Gasteiger partial charge in [0.15, 0.2) is 0 Å². The fraction of sp³-hybridized carbons (Fsp3) is 0.250. The van der Waals surface area contributed by atoms with Crippen LogP contribution in [0.1, 0.15) is 16.8 Å². The third-order valence-corrected chi connectivity index (χ3v) is 6.30. The Kier molecular flexibility index (Phi) is 4.94. The molecule has 0 saturated heterocycles. The molecule has 158 valence electrons. The molecule has 1 aliphatic rings. The smallest absolute Gasteiger partial charge is 0.237 e. The van der Waals surface area contributed by atoms with Crippen LogP contribution in [0.2, 0.25) is 0 Å². The van der Waals surface area contributed by atoms with Crippen LogP contribution in [-0.2, 0) is 29.2 Å². The molecule has 2 aromatic carbocycles. The molecule has 0 aliphatic carbocycles. The summed E-state index contributed by atoms with van der Waals surface area (Å²) in [6, 6.07) is 10.2. The fourth-order valence-corrected chi connectivity index (χ4v) is 4.31. The number of sulfonamides is 1. The van der Waals surface area contributed by atoms with Gasteiger partial charge in [-0.05, 0) is 36.4 Å². The number of hydrogen-bond donors (Lipinski definition) is 0. The Morgan fingerprint density at radius 3 is 2.20 bits per heavy atom. The molecule has 0 amide bonds. The Labute approximate surface area is 170 Å². The maximum atomic E-state index is 13.3. The summed E-state index contributed by atoms with van der Waals surface area (Å²) in [6.45, 7) is 0.316. The summed E-state index contributed by atoms with van der Waals surface area (Å²) in [5.74, 6) is -0.411. The molecule has 2 heterocycles. The normalized spacial score (nSPS) is 15.2. The first kappa shape index (κ1) is 20.5. The van der Waals surface area contributed by atoms with Gasteiger partial charge in [0.1, 0.15) is 5.82 Å². The SMILES string of the molecule is CS(=O)(=O)N1CCc2c(c(-c3ccc(C(F)(F)F)cc3)nn2-c2ccc(F)cc2)C1. The first-order valence-corrected chi connectivity index (χ1v) is 10.9. The number of rotatable bonds is 3. The van der Waals surface area contributed by atoms with E-state index in [1.165, 1.54) is 28.6 Å². The quantitative estimate of drug-likeness (QED) is 0.580. The summed E-state index contributed by atoms with van der Waals surface area (Å²) >= 11 is 0. The number of halogens is 4. The lowest BCUT2D eigenvalue weighted by Gasteiger charge is -2.25. The molecule has 0 radical (unpaired) electrons. The van der Waals surface area contributed by atoms with Crippen LogP contribution >= 0.6 is 0 Å². The van der Waals surface area contributed by atoms with Crippen molar-refractivity contribution in [2.45, 2.75) is 19.1 Å². The van der Waals surface area contributed by atoms with Crippen molar-refractivity contribution in [2.24, 2.45) is 0 Å². The van der Waals surface area contributed by atoms with Gasteiger partial charge in [0.2, 0.25) is 10.0 Å². The molecule has 0 fully saturated rings. The highest BCUT2D eigenvalue weighted by atomic mass is 32.2. The minimum absolute atomic E-state index is 0.0612. The average molecular weight is 439 g/mol. The highest BCUT2D eigenvalue weighted by Gasteiger charge is 2.32. The summed E-state index contributed by atoms with van der Waals surface area (Å²) in [6.07, 6.45) is -2.98. The van der Waals surface area contributed by atoms with Gasteiger partial charge in [-0.2, -0.15) is 22.6 Å². The lowest BCUT2D eigenvalue weighted by molar-refractivity contribution is -0.137. The summed E-state index contributed by atoms with van der Waals surface area (Å²) in [4.78, 5) is 0. The average Bonchev–Trinajstić information content (AvgIpc) is 3.06. The zero-order valence-corrected chi connectivity index (χ0v) is 16.6. The van der Waals surface area contributed by atoms with Crippen LogP contribution in [0.3, 0.4) is 0 Å². The summed E-state index contributed by atoms with van der Waals surface area (Å²) in [5.41, 5.74) is 2.01. The Morgan fingerprint density at radius 1 is 1.00 bits per heavy atom. The van der Waals surface area contributed by atoms with Crippen molar-refractivity contribution in [1.82, 2.24) is 14.1 Å². The molecule has 30 heavy (non-hydrogen) atoms. The number of benzene rings is 2. The van der Waals surface area contributed by atoms with E-state index in [0.29, 0.717) is 28.9 Å². The van der Waals surface area contributed by atoms with Crippen molar-refractivity contribution in [3.05, 3.63) is 71.2 Å². The number of fused-ring (bicyclic) bond motifs is 1. The zero-order chi connectivity index (χ0) is 21.7. The van der Waals surface area contributed by atoms with E-state index in [1.807, 2.05) is 0 Å². The van der Waals surface area contributed by atoms with Gasteiger partial charge in [-0.1, -0.05) is 12.1 Å². The van der Waals surface area contributed by atoms with E-state index in [9.17, 15) is 26.0 Å². The highest BCUT2D eigenvalue weighted by molar-refractivity contribution is 7.88. The molecule has 4 rings (SSSR count). The Balaban J connectivity index is 1.85. The van der Waals surface area contributed by atoms with Gasteiger partial charge in [0, 0.05) is 30.6 Å². The largest absolute Gasteiger partial charge is 0.416 e. The van der Waals surface area contributed by atoms with E-state index in [-0.39, 0.29) is 13.1 Å². The van der Waals surface area contributed by atoms with E-state index in [4.69, 9.17) is 0 Å². The van der Waals surface area contributed by atoms with Gasteiger partial charge in [-0.15, -0.1) is 0 Å². The highest BCUT2D eigenvalue weighted by Crippen LogP contribution is 2.35. The minimum Gasteiger partial charge on any atom is -0.237 e. The third kappa shape index (κ3) is 3.84. The van der Waals surface area contributed by atoms with Crippen LogP contribution in [-0.4, -0.2) is 35.3 Å². The van der Waals surface area contributed by atoms with Crippen LogP contribution in [0, 0.1) is 5.82 Å². The van der Waals surface area contributed by atoms with Gasteiger partial charge in [0.25, 0.3) is 0 Å². The van der Waals surface area contributed by atoms with Crippen molar-refractivity contribution in [3.8, 4) is 16.9 Å². The number of hydrogen-bond acceptors (Lipinski definition) is 3. The molecule has 0 atom stereocenters. The predicted octanol–water partition coefficient (Wildman–Crippen LogP) is 4.01. The van der Waals surface area contributed by atoms with E-state index in [0.717, 1.165) is 24.1 Å². The topological polar surface area (TPSA) is 55.2 Å². The maximum absolute atomic E-state index is 13.3. The van der Waals surface area contributed by atoms with Crippen molar-refractivity contribution in [1.29, 1.82) is 0 Å². The summed E-state index contributed by atoms with van der Waals surface area (Å²) in [7, 11) is -3.46. The molecule has 0 saturated carbocycles. The van der Waals surface area contributed by atoms with Crippen molar-refractivity contribution >= 4 is 10.0 Å². The Morgan fingerprint density at radius 2 is 1.63 bits per heavy atom. The van der Waals surface area contributed by atoms with Crippen LogP contribution in [0.15, 0.2) is 48.5 Å². The summed E-state index contributed by atoms with van der Waals surface area (Å²) < 4.78 is 79.1. The second kappa shape index (κ2) is 7.21. The lowest BCUT2D eigenvalue weighted by atomic mass is 10.0. The first-order chi connectivity index (χ1) is 14.0. The van der Waals surface area contributed by atoms with E-state index in [1.54, 1.807) is 16.8 Å². The lowest BCUT2D eigenvalue weighted by Crippen LogP contribution is -2.35. The van der Waals surface area contributed by atoms with Crippen molar-refractivity contribution in [3.63, 3.8) is 0 Å². The maximum Gasteiger partial charge on any atom is 0.416 e. The number of nitrogens with zero attached hydrogens (tertiary/aromatic N) is 3. The van der Waals surface area contributed by atoms with E-state index >= 15 is 0 Å². The van der Waals surface area contributed by atoms with E-state index in [2.05, 4.69) is 5.10 Å². The molecule has 0 spiro atoms. The first-order valence-electron chi connectivity index (χ1n) is 9.03. The van der Waals surface area contributed by atoms with E-state index < -0.39 is 27.6 Å². The molecule has 5 nitrogen and oxygen atoms in total. The molecule has 0 N–H and O–H groups in total. The monoisotopic (exact) mass is 439 g/mol. The molecular formula is C20H17F4N3O2S. The second-order valence-electron chi connectivity index (χ2n) is 7.08. The minimum atomic E-state index is -4.46. The van der Waals surface area contributed by atoms with Gasteiger partial charge >= 0.3 is 6.18 Å². The molecule has 3 aromatic rings.